The lowest BCUT2D eigenvalue weighted by molar-refractivity contribution is 0.0892. The Hall–Kier alpha value is -2.34. The van der Waals surface area contributed by atoms with E-state index in [1.54, 1.807) is 23.3 Å². The first-order valence-electron chi connectivity index (χ1n) is 6.04. The third kappa shape index (κ3) is 2.14. The normalized spacial score (nSPS) is 10.8. The van der Waals surface area contributed by atoms with Gasteiger partial charge in [0.1, 0.15) is 5.69 Å². The fourth-order valence-corrected chi connectivity index (χ4v) is 2.66. The van der Waals surface area contributed by atoms with Gasteiger partial charge in [-0.25, -0.2) is 4.98 Å². The van der Waals surface area contributed by atoms with Crippen molar-refractivity contribution in [1.29, 1.82) is 0 Å². The van der Waals surface area contributed by atoms with Crippen molar-refractivity contribution in [1.82, 2.24) is 14.8 Å². The summed E-state index contributed by atoms with van der Waals surface area (Å²) < 4.78 is 1.65. The van der Waals surface area contributed by atoms with Crippen LogP contribution in [0.2, 0.25) is 0 Å². The maximum absolute atomic E-state index is 12.3. The Morgan fingerprint density at radius 1 is 1.25 bits per heavy atom. The van der Waals surface area contributed by atoms with Gasteiger partial charge < -0.3 is 0 Å². The molecule has 5 nitrogen and oxygen atoms in total. The van der Waals surface area contributed by atoms with Crippen LogP contribution in [0.1, 0.15) is 26.7 Å². The molecule has 100 valence electrons. The number of ketones is 2. The topological polar surface area (TPSA) is 64.8 Å². The second-order valence-electron chi connectivity index (χ2n) is 4.35. The van der Waals surface area contributed by atoms with E-state index in [9.17, 15) is 9.59 Å². The molecule has 0 spiro atoms. The average molecular weight is 285 g/mol. The minimum Gasteiger partial charge on any atom is -0.292 e. The van der Waals surface area contributed by atoms with Gasteiger partial charge in [-0.15, -0.1) is 11.3 Å². The molecule has 0 radical (unpaired) electrons. The number of carbonyl (C=O) groups excluding carboxylic acids is 2. The van der Waals surface area contributed by atoms with Crippen LogP contribution in [0.15, 0.2) is 35.8 Å². The summed E-state index contributed by atoms with van der Waals surface area (Å²) in [6, 6.07) is 7.47. The van der Waals surface area contributed by atoms with E-state index >= 15 is 0 Å². The number of benzene rings is 1. The van der Waals surface area contributed by atoms with Gasteiger partial charge in [-0.3, -0.25) is 14.3 Å². The summed E-state index contributed by atoms with van der Waals surface area (Å²) in [5, 5.41) is 7.07. The molecular weight excluding hydrogens is 274 g/mol. The van der Waals surface area contributed by atoms with Crippen molar-refractivity contribution in [2.24, 2.45) is 7.05 Å². The molecule has 0 aliphatic rings. The minimum absolute atomic E-state index is 0.200. The highest BCUT2D eigenvalue weighted by Crippen LogP contribution is 2.19. The lowest BCUT2D eigenvalue weighted by atomic mass is 10.1. The molecule has 2 heterocycles. The molecule has 20 heavy (non-hydrogen) atoms. The van der Waals surface area contributed by atoms with Gasteiger partial charge in [0.05, 0.1) is 11.9 Å². The Balaban J connectivity index is 1.92. The van der Waals surface area contributed by atoms with E-state index in [0.717, 1.165) is 10.9 Å². The van der Waals surface area contributed by atoms with E-state index in [1.807, 2.05) is 24.3 Å². The zero-order valence-corrected chi connectivity index (χ0v) is 11.6. The van der Waals surface area contributed by atoms with Crippen molar-refractivity contribution in [2.45, 2.75) is 6.42 Å². The van der Waals surface area contributed by atoms with Crippen molar-refractivity contribution in [3.63, 3.8) is 0 Å². The molecular formula is C14H11N3O2S. The van der Waals surface area contributed by atoms with Gasteiger partial charge in [-0.05, 0) is 6.07 Å². The van der Waals surface area contributed by atoms with Crippen LogP contribution in [0.5, 0.6) is 0 Å². The number of nitrogens with zero attached hydrogens (tertiary/aromatic N) is 3. The largest absolute Gasteiger partial charge is 0.292 e. The summed E-state index contributed by atoms with van der Waals surface area (Å²) in [4.78, 5) is 28.1. The Kier molecular flexibility index (Phi) is 3.15. The van der Waals surface area contributed by atoms with Crippen LogP contribution in [-0.4, -0.2) is 26.3 Å². The number of Topliss-reactive ketones (excluding diaryl/α,β-unsaturated/α-hetero) is 2. The van der Waals surface area contributed by atoms with Crippen molar-refractivity contribution < 1.29 is 9.59 Å². The molecule has 2 aromatic heterocycles. The quantitative estimate of drug-likeness (QED) is 0.545. The van der Waals surface area contributed by atoms with Crippen LogP contribution in [0.3, 0.4) is 0 Å². The molecule has 0 unspecified atom stereocenters. The predicted octanol–water partition coefficient (Wildman–Crippen LogP) is 2.49. The number of hydrogen-bond donors (Lipinski definition) is 0. The summed E-state index contributed by atoms with van der Waals surface area (Å²) >= 11 is 1.24. The lowest BCUT2D eigenvalue weighted by Crippen LogP contribution is -2.09. The first kappa shape index (κ1) is 12.7. The summed E-state index contributed by atoms with van der Waals surface area (Å²) in [5.74, 6) is -0.540. The predicted molar refractivity (Wildman–Crippen MR) is 76.1 cm³/mol. The van der Waals surface area contributed by atoms with E-state index in [2.05, 4.69) is 10.1 Å². The second kappa shape index (κ2) is 4.97. The van der Waals surface area contributed by atoms with Gasteiger partial charge in [0.2, 0.25) is 0 Å². The standard InChI is InChI=1S/C14H11N3O2S/c1-17-10-5-3-2-4-9(10)13(16-17)11(18)8-12(19)14-15-6-7-20-14/h2-7H,8H2,1H3. The van der Waals surface area contributed by atoms with E-state index in [4.69, 9.17) is 0 Å². The molecule has 3 aromatic rings. The zero-order chi connectivity index (χ0) is 14.1. The van der Waals surface area contributed by atoms with Crippen LogP contribution >= 0.6 is 11.3 Å². The van der Waals surface area contributed by atoms with Crippen molar-refractivity contribution in [3.8, 4) is 0 Å². The van der Waals surface area contributed by atoms with Crippen LogP contribution in [0.4, 0.5) is 0 Å². The van der Waals surface area contributed by atoms with E-state index in [1.165, 1.54) is 11.3 Å². The molecule has 0 bridgehead atoms. The third-order valence-electron chi connectivity index (χ3n) is 3.01. The van der Waals surface area contributed by atoms with Crippen LogP contribution < -0.4 is 0 Å². The van der Waals surface area contributed by atoms with Crippen LogP contribution in [-0.2, 0) is 7.05 Å². The number of rotatable bonds is 4. The van der Waals surface area contributed by atoms with Crippen molar-refractivity contribution in [3.05, 3.63) is 46.5 Å². The van der Waals surface area contributed by atoms with Gasteiger partial charge >= 0.3 is 0 Å². The second-order valence-corrected chi connectivity index (χ2v) is 5.24. The van der Waals surface area contributed by atoms with Gasteiger partial charge in [0.25, 0.3) is 0 Å². The highest BCUT2D eigenvalue weighted by molar-refractivity contribution is 7.11. The minimum atomic E-state index is -0.276. The Labute approximate surface area is 118 Å². The molecule has 0 atom stereocenters. The van der Waals surface area contributed by atoms with Crippen molar-refractivity contribution in [2.75, 3.05) is 0 Å². The summed E-state index contributed by atoms with van der Waals surface area (Å²) in [5.41, 5.74) is 1.21. The van der Waals surface area contributed by atoms with Crippen molar-refractivity contribution >= 4 is 33.8 Å². The highest BCUT2D eigenvalue weighted by Gasteiger charge is 2.20. The van der Waals surface area contributed by atoms with Crippen LogP contribution in [0.25, 0.3) is 10.9 Å². The third-order valence-corrected chi connectivity index (χ3v) is 3.83. The number of carbonyl (C=O) groups is 2. The number of fused-ring (bicyclic) bond motifs is 1. The fourth-order valence-electron chi connectivity index (χ4n) is 2.09. The lowest BCUT2D eigenvalue weighted by Gasteiger charge is -1.96. The number of aromatic nitrogens is 3. The Morgan fingerprint density at radius 3 is 2.80 bits per heavy atom. The summed E-state index contributed by atoms with van der Waals surface area (Å²) in [6.45, 7) is 0. The maximum Gasteiger partial charge on any atom is 0.199 e. The maximum atomic E-state index is 12.3. The summed E-state index contributed by atoms with van der Waals surface area (Å²) in [7, 11) is 1.78. The van der Waals surface area contributed by atoms with E-state index in [-0.39, 0.29) is 18.0 Å². The van der Waals surface area contributed by atoms with E-state index < -0.39 is 0 Å². The van der Waals surface area contributed by atoms with Gasteiger partial charge in [-0.1, -0.05) is 18.2 Å². The first-order chi connectivity index (χ1) is 9.66. The summed E-state index contributed by atoms with van der Waals surface area (Å²) in [6.07, 6.45) is 1.35. The molecule has 0 saturated heterocycles. The molecule has 0 N–H and O–H groups in total. The van der Waals surface area contributed by atoms with Gasteiger partial charge in [0.15, 0.2) is 16.6 Å². The van der Waals surface area contributed by atoms with Gasteiger partial charge in [-0.2, -0.15) is 5.10 Å². The number of para-hydroxylation sites is 1. The Morgan fingerprint density at radius 2 is 2.05 bits per heavy atom. The average Bonchev–Trinajstić information content (AvgIpc) is 3.07. The SMILES string of the molecule is Cn1nc(C(=O)CC(=O)c2nccs2)c2ccccc21. The monoisotopic (exact) mass is 285 g/mol. The van der Waals surface area contributed by atoms with Crippen LogP contribution in [0, 0.1) is 0 Å². The smallest absolute Gasteiger partial charge is 0.199 e. The highest BCUT2D eigenvalue weighted by atomic mass is 32.1. The van der Waals surface area contributed by atoms with E-state index in [0.29, 0.717) is 10.7 Å². The zero-order valence-electron chi connectivity index (χ0n) is 10.7. The number of hydrogen-bond acceptors (Lipinski definition) is 5. The van der Waals surface area contributed by atoms with Gasteiger partial charge in [0, 0.05) is 24.0 Å². The number of aryl methyl sites for hydroxylation is 1. The molecule has 0 fully saturated rings. The Bertz CT molecular complexity index is 790. The molecule has 0 aliphatic heterocycles. The molecule has 1 aromatic carbocycles. The molecule has 0 amide bonds. The fraction of sp³-hybridized carbons (Fsp3) is 0.143. The molecule has 0 aliphatic carbocycles. The molecule has 3 rings (SSSR count). The molecule has 6 heteroatoms. The molecule has 0 saturated carbocycles. The number of thiazole rings is 1. The first-order valence-corrected chi connectivity index (χ1v) is 6.92.